The molecule has 1 aromatic rings. The summed E-state index contributed by atoms with van der Waals surface area (Å²) in [7, 11) is 5.18. The van der Waals surface area contributed by atoms with Gasteiger partial charge in [-0.2, -0.15) is 0 Å². The second-order valence-corrected chi connectivity index (χ2v) is 7.43. The summed E-state index contributed by atoms with van der Waals surface area (Å²) in [6.07, 6.45) is 2.43. The lowest BCUT2D eigenvalue weighted by atomic mass is 10.1. The van der Waals surface area contributed by atoms with Gasteiger partial charge in [-0.1, -0.05) is 19.1 Å². The van der Waals surface area contributed by atoms with E-state index in [0.717, 1.165) is 36.5 Å². The Labute approximate surface area is 192 Å². The van der Waals surface area contributed by atoms with Gasteiger partial charge in [0.1, 0.15) is 5.75 Å². The van der Waals surface area contributed by atoms with Gasteiger partial charge >= 0.3 is 0 Å². The van der Waals surface area contributed by atoms with E-state index in [1.54, 1.807) is 26.1 Å². The van der Waals surface area contributed by atoms with Crippen LogP contribution >= 0.6 is 24.0 Å². The van der Waals surface area contributed by atoms with E-state index >= 15 is 0 Å². The molecule has 1 fully saturated rings. The highest BCUT2D eigenvalue weighted by Crippen LogP contribution is 2.20. The second-order valence-electron chi connectivity index (χ2n) is 7.43. The highest BCUT2D eigenvalue weighted by atomic mass is 127. The Bertz CT molecular complexity index is 681. The number of amides is 1. The Balaban J connectivity index is 0.00000420. The maximum absolute atomic E-state index is 12.0. The topological polar surface area (TPSA) is 69.2 Å². The number of likely N-dealkylation sites (tertiary alicyclic amines) is 1. The number of ether oxygens (including phenoxy) is 1. The van der Waals surface area contributed by atoms with Crippen molar-refractivity contribution in [2.24, 2.45) is 4.99 Å². The fourth-order valence-electron chi connectivity index (χ4n) is 3.40. The van der Waals surface area contributed by atoms with Gasteiger partial charge in [-0.25, -0.2) is 4.99 Å². The lowest BCUT2D eigenvalue weighted by Gasteiger charge is -2.24. The van der Waals surface area contributed by atoms with E-state index in [4.69, 9.17) is 9.73 Å². The van der Waals surface area contributed by atoms with Crippen molar-refractivity contribution >= 4 is 35.8 Å². The van der Waals surface area contributed by atoms with Crippen molar-refractivity contribution in [3.05, 3.63) is 29.3 Å². The summed E-state index contributed by atoms with van der Waals surface area (Å²) in [5.74, 6) is 1.50. The number of nitrogens with one attached hydrogen (secondary N) is 2. The first-order chi connectivity index (χ1) is 13.4. The first-order valence-electron chi connectivity index (χ1n) is 10.0. The number of carbonyl (C=O) groups excluding carboxylic acids is 1. The van der Waals surface area contributed by atoms with E-state index in [1.807, 2.05) is 19.1 Å². The Hall–Kier alpha value is -1.55. The summed E-state index contributed by atoms with van der Waals surface area (Å²) in [4.78, 5) is 20.7. The molecule has 1 aromatic carbocycles. The van der Waals surface area contributed by atoms with Crippen LogP contribution < -0.4 is 15.4 Å². The summed E-state index contributed by atoms with van der Waals surface area (Å²) in [6, 6.07) is 6.62. The van der Waals surface area contributed by atoms with Gasteiger partial charge in [0.15, 0.2) is 5.96 Å². The second kappa shape index (κ2) is 12.9. The van der Waals surface area contributed by atoms with E-state index in [9.17, 15) is 4.79 Å². The fourth-order valence-corrected chi connectivity index (χ4v) is 3.40. The first-order valence-corrected chi connectivity index (χ1v) is 10.0. The van der Waals surface area contributed by atoms with Crippen LogP contribution in [0.4, 0.5) is 0 Å². The van der Waals surface area contributed by atoms with Crippen molar-refractivity contribution in [1.29, 1.82) is 0 Å². The molecule has 1 aliphatic rings. The minimum atomic E-state index is 0. The van der Waals surface area contributed by atoms with E-state index in [0.29, 0.717) is 18.5 Å². The van der Waals surface area contributed by atoms with Gasteiger partial charge in [-0.15, -0.1) is 24.0 Å². The Morgan fingerprint density at radius 3 is 2.76 bits per heavy atom. The van der Waals surface area contributed by atoms with Gasteiger partial charge in [-0.3, -0.25) is 9.69 Å². The number of methoxy groups -OCH3 is 1. The molecule has 0 radical (unpaired) electrons. The number of rotatable bonds is 8. The van der Waals surface area contributed by atoms with Crippen molar-refractivity contribution in [2.45, 2.75) is 39.3 Å². The van der Waals surface area contributed by atoms with Crippen LogP contribution in [0.5, 0.6) is 5.75 Å². The number of aliphatic imine (C=N–C) groups is 1. The molecule has 1 atom stereocenters. The number of aryl methyl sites for hydroxylation is 1. The molecule has 2 rings (SSSR count). The highest BCUT2D eigenvalue weighted by molar-refractivity contribution is 14.0. The third-order valence-electron chi connectivity index (χ3n) is 5.17. The van der Waals surface area contributed by atoms with E-state index in [2.05, 4.69) is 28.5 Å². The maximum atomic E-state index is 12.0. The van der Waals surface area contributed by atoms with Crippen LogP contribution in [0.2, 0.25) is 0 Å². The number of likely N-dealkylation sites (N-methyl/N-ethyl adjacent to an activating group) is 2. The van der Waals surface area contributed by atoms with Crippen LogP contribution in [-0.4, -0.2) is 75.1 Å². The van der Waals surface area contributed by atoms with Crippen LogP contribution in [-0.2, 0) is 11.3 Å². The first kappa shape index (κ1) is 25.5. The molecule has 29 heavy (non-hydrogen) atoms. The molecule has 0 aromatic heterocycles. The summed E-state index contributed by atoms with van der Waals surface area (Å²) in [5.41, 5.74) is 2.17. The summed E-state index contributed by atoms with van der Waals surface area (Å²) < 4.78 is 5.48. The fraction of sp³-hybridized carbons (Fsp3) is 0.619. The largest absolute Gasteiger partial charge is 0.496 e. The Kier molecular flexibility index (Phi) is 11.3. The molecule has 0 aliphatic carbocycles. The molecule has 2 N–H and O–H groups in total. The van der Waals surface area contributed by atoms with Crippen LogP contribution in [0, 0.1) is 6.92 Å². The van der Waals surface area contributed by atoms with Gasteiger partial charge in [0.25, 0.3) is 0 Å². The SMILES string of the molecule is CCN1CCCC1CNC(=NCc1ccc(C)cc1OC)NCC(=O)N(C)C.I. The van der Waals surface area contributed by atoms with Gasteiger partial charge in [0.2, 0.25) is 5.91 Å². The summed E-state index contributed by atoms with van der Waals surface area (Å²) in [5, 5.41) is 6.59. The van der Waals surface area contributed by atoms with Gasteiger partial charge in [-0.05, 0) is 44.5 Å². The molecular weight excluding hydrogens is 481 g/mol. The average Bonchev–Trinajstić information content (AvgIpc) is 3.15. The molecule has 0 saturated carbocycles. The molecular formula is C21H36IN5O2. The standard InChI is InChI=1S/C21H35N5O2.HI/c1-6-26-11-7-8-18(26)14-23-21(24-15-20(27)25(3)4)22-13-17-10-9-16(2)12-19(17)28-5;/h9-10,12,18H,6-8,11,13-15H2,1-5H3,(H2,22,23,24);1H. The summed E-state index contributed by atoms with van der Waals surface area (Å²) >= 11 is 0. The highest BCUT2D eigenvalue weighted by Gasteiger charge is 2.23. The van der Waals surface area contributed by atoms with Crippen molar-refractivity contribution in [1.82, 2.24) is 20.4 Å². The molecule has 7 nitrogen and oxygen atoms in total. The number of benzene rings is 1. The zero-order valence-electron chi connectivity index (χ0n) is 18.3. The third-order valence-corrected chi connectivity index (χ3v) is 5.17. The van der Waals surface area contributed by atoms with Gasteiger partial charge < -0.3 is 20.3 Å². The molecule has 164 valence electrons. The predicted molar refractivity (Wildman–Crippen MR) is 129 cm³/mol. The number of guanidine groups is 1. The molecule has 8 heteroatoms. The Morgan fingerprint density at radius 1 is 1.34 bits per heavy atom. The predicted octanol–water partition coefficient (Wildman–Crippen LogP) is 2.23. The lowest BCUT2D eigenvalue weighted by molar-refractivity contribution is -0.127. The van der Waals surface area contributed by atoms with E-state index < -0.39 is 0 Å². The van der Waals surface area contributed by atoms with Crippen molar-refractivity contribution in [3.63, 3.8) is 0 Å². The van der Waals surface area contributed by atoms with Crippen molar-refractivity contribution in [2.75, 3.05) is 47.4 Å². The molecule has 0 spiro atoms. The van der Waals surface area contributed by atoms with Crippen molar-refractivity contribution < 1.29 is 9.53 Å². The lowest BCUT2D eigenvalue weighted by Crippen LogP contribution is -2.47. The quantitative estimate of drug-likeness (QED) is 0.315. The molecule has 0 bridgehead atoms. The normalized spacial score (nSPS) is 16.9. The number of nitrogens with zero attached hydrogens (tertiary/aromatic N) is 3. The molecule has 1 saturated heterocycles. The molecule has 1 unspecified atom stereocenters. The average molecular weight is 517 g/mol. The van der Waals surface area contributed by atoms with Crippen LogP contribution in [0.15, 0.2) is 23.2 Å². The minimum absolute atomic E-state index is 0. The van der Waals surface area contributed by atoms with Crippen LogP contribution in [0.1, 0.15) is 30.9 Å². The van der Waals surface area contributed by atoms with Crippen LogP contribution in [0.25, 0.3) is 0 Å². The number of halogens is 1. The Morgan fingerprint density at radius 2 is 2.10 bits per heavy atom. The van der Waals surface area contributed by atoms with Gasteiger partial charge in [0.05, 0.1) is 20.2 Å². The summed E-state index contributed by atoms with van der Waals surface area (Å²) in [6.45, 7) is 7.97. The van der Waals surface area contributed by atoms with E-state index in [-0.39, 0.29) is 36.4 Å². The van der Waals surface area contributed by atoms with Crippen molar-refractivity contribution in [3.8, 4) is 5.75 Å². The third kappa shape index (κ3) is 8.00. The molecule has 1 amide bonds. The minimum Gasteiger partial charge on any atom is -0.496 e. The zero-order chi connectivity index (χ0) is 20.5. The zero-order valence-corrected chi connectivity index (χ0v) is 20.7. The number of hydrogen-bond donors (Lipinski definition) is 2. The molecule has 1 aliphatic heterocycles. The van der Waals surface area contributed by atoms with Crippen LogP contribution in [0.3, 0.4) is 0 Å². The number of carbonyl (C=O) groups is 1. The smallest absolute Gasteiger partial charge is 0.241 e. The number of hydrogen-bond acceptors (Lipinski definition) is 4. The maximum Gasteiger partial charge on any atom is 0.241 e. The van der Waals surface area contributed by atoms with Gasteiger partial charge in [0, 0.05) is 32.2 Å². The monoisotopic (exact) mass is 517 g/mol. The molecule has 1 heterocycles. The van der Waals surface area contributed by atoms with E-state index in [1.165, 1.54) is 12.8 Å².